The van der Waals surface area contributed by atoms with Crippen LogP contribution in [-0.2, 0) is 16.6 Å². The van der Waals surface area contributed by atoms with E-state index in [0.29, 0.717) is 22.6 Å². The number of hydrogen-bond acceptors (Lipinski definition) is 5. The fourth-order valence-electron chi connectivity index (χ4n) is 2.37. The second-order valence-electron chi connectivity index (χ2n) is 5.35. The third kappa shape index (κ3) is 2.97. The van der Waals surface area contributed by atoms with Crippen LogP contribution >= 0.6 is 0 Å². The van der Waals surface area contributed by atoms with Gasteiger partial charge in [-0.15, -0.1) is 0 Å². The van der Waals surface area contributed by atoms with Crippen molar-refractivity contribution in [2.45, 2.75) is 32.2 Å². The second kappa shape index (κ2) is 5.75. The van der Waals surface area contributed by atoms with Crippen LogP contribution in [0.4, 0.5) is 0 Å². The van der Waals surface area contributed by atoms with E-state index in [9.17, 15) is 8.42 Å². The Labute approximate surface area is 134 Å². The molecule has 0 aliphatic carbocycles. The summed E-state index contributed by atoms with van der Waals surface area (Å²) < 4.78 is 33.2. The third-order valence-electron chi connectivity index (χ3n) is 3.71. The average Bonchev–Trinajstić information content (AvgIpc) is 2.84. The normalized spacial score (nSPS) is 12.0. The van der Waals surface area contributed by atoms with E-state index >= 15 is 0 Å². The van der Waals surface area contributed by atoms with Crippen molar-refractivity contribution in [2.75, 3.05) is 0 Å². The largest absolute Gasteiger partial charge is 0.444 e. The molecule has 0 atom stereocenters. The fourth-order valence-corrected chi connectivity index (χ4v) is 3.54. The molecule has 0 saturated heterocycles. The maximum Gasteiger partial charge on any atom is 0.241 e. The van der Waals surface area contributed by atoms with Crippen molar-refractivity contribution in [1.29, 1.82) is 0 Å². The van der Waals surface area contributed by atoms with Gasteiger partial charge in [0.15, 0.2) is 0 Å². The first-order valence-corrected chi connectivity index (χ1v) is 8.64. The number of rotatable bonds is 4. The number of aromatic nitrogens is 2. The number of pyridine rings is 1. The minimum Gasteiger partial charge on any atom is -0.444 e. The molecule has 0 aliphatic heterocycles. The van der Waals surface area contributed by atoms with Gasteiger partial charge in [-0.1, -0.05) is 6.07 Å². The Balaban J connectivity index is 1.95. The maximum atomic E-state index is 12.6. The number of sulfonamides is 1. The van der Waals surface area contributed by atoms with Crippen molar-refractivity contribution in [3.8, 4) is 0 Å². The van der Waals surface area contributed by atoms with Crippen molar-refractivity contribution in [2.24, 2.45) is 0 Å². The topological polar surface area (TPSA) is 85.1 Å². The molecule has 0 amide bonds. The molecule has 0 aliphatic rings. The van der Waals surface area contributed by atoms with E-state index in [-0.39, 0.29) is 11.4 Å². The number of hydrogen-bond donors (Lipinski definition) is 1. The highest BCUT2D eigenvalue weighted by Gasteiger charge is 2.19. The minimum absolute atomic E-state index is 0.00659. The zero-order valence-electron chi connectivity index (χ0n) is 13.1. The summed E-state index contributed by atoms with van der Waals surface area (Å²) in [6.45, 7) is 5.51. The Morgan fingerprint density at radius 1 is 1.17 bits per heavy atom. The number of benzene rings is 1. The van der Waals surface area contributed by atoms with Gasteiger partial charge in [0.1, 0.15) is 5.76 Å². The molecule has 23 heavy (non-hydrogen) atoms. The van der Waals surface area contributed by atoms with Gasteiger partial charge in [0.2, 0.25) is 15.9 Å². The molecular weight excluding hydrogens is 314 g/mol. The first-order valence-electron chi connectivity index (χ1n) is 7.15. The molecule has 2 heterocycles. The fraction of sp³-hybridized carbons (Fsp3) is 0.250. The van der Waals surface area contributed by atoms with E-state index < -0.39 is 10.0 Å². The molecule has 0 fully saturated rings. The molecule has 0 bridgehead atoms. The molecule has 120 valence electrons. The van der Waals surface area contributed by atoms with Gasteiger partial charge in [-0.3, -0.25) is 4.98 Å². The molecule has 3 aromatic rings. The van der Waals surface area contributed by atoms with Crippen molar-refractivity contribution < 1.29 is 12.8 Å². The van der Waals surface area contributed by atoms with Gasteiger partial charge in [0.25, 0.3) is 0 Å². The van der Waals surface area contributed by atoms with Gasteiger partial charge in [-0.25, -0.2) is 18.1 Å². The number of nitrogens with one attached hydrogen (secondary N) is 1. The highest BCUT2D eigenvalue weighted by Crippen LogP contribution is 2.24. The molecule has 2 aromatic heterocycles. The Kier molecular flexibility index (Phi) is 3.91. The highest BCUT2D eigenvalue weighted by atomic mass is 32.2. The van der Waals surface area contributed by atoms with E-state index in [1.54, 1.807) is 37.4 Å². The van der Waals surface area contributed by atoms with Gasteiger partial charge < -0.3 is 4.42 Å². The molecule has 1 aromatic carbocycles. The molecule has 7 heteroatoms. The molecule has 0 radical (unpaired) electrons. The monoisotopic (exact) mass is 331 g/mol. The first kappa shape index (κ1) is 15.6. The van der Waals surface area contributed by atoms with Crippen molar-refractivity contribution in [1.82, 2.24) is 14.7 Å². The smallest absolute Gasteiger partial charge is 0.241 e. The van der Waals surface area contributed by atoms with E-state index in [2.05, 4.69) is 14.7 Å². The van der Waals surface area contributed by atoms with Gasteiger partial charge >= 0.3 is 0 Å². The summed E-state index contributed by atoms with van der Waals surface area (Å²) in [5.74, 6) is 1.03. The quantitative estimate of drug-likeness (QED) is 0.794. The molecule has 0 unspecified atom stereocenters. The summed E-state index contributed by atoms with van der Waals surface area (Å²) in [6.07, 6.45) is 1.65. The van der Waals surface area contributed by atoms with Crippen LogP contribution in [-0.4, -0.2) is 18.4 Å². The summed E-state index contributed by atoms with van der Waals surface area (Å²) in [5, 5.41) is 0.597. The van der Waals surface area contributed by atoms with Crippen molar-refractivity contribution >= 4 is 20.9 Å². The van der Waals surface area contributed by atoms with E-state index in [1.807, 2.05) is 13.8 Å². The standard InChI is InChI=1S/C16H17N3O3S/c1-10-6-7-14(13-5-4-8-17-16(10)13)23(20,21)18-9-15-19-11(2)12(3)22-15/h4-8,18H,9H2,1-3H3. The van der Waals surface area contributed by atoms with Crippen LogP contribution in [0.15, 0.2) is 39.8 Å². The van der Waals surface area contributed by atoms with Gasteiger partial charge in [-0.05, 0) is 44.5 Å². The molecule has 0 saturated carbocycles. The number of fused-ring (bicyclic) bond motifs is 1. The number of nitrogens with zero attached hydrogens (tertiary/aromatic N) is 2. The summed E-state index contributed by atoms with van der Waals surface area (Å²) in [7, 11) is -3.70. The molecule has 0 spiro atoms. The van der Waals surface area contributed by atoms with E-state index in [4.69, 9.17) is 4.42 Å². The summed E-state index contributed by atoms with van der Waals surface area (Å²) in [5.41, 5.74) is 2.36. The average molecular weight is 331 g/mol. The zero-order chi connectivity index (χ0) is 16.6. The van der Waals surface area contributed by atoms with E-state index in [1.165, 1.54) is 0 Å². The lowest BCUT2D eigenvalue weighted by Crippen LogP contribution is -2.23. The number of oxazole rings is 1. The van der Waals surface area contributed by atoms with Crippen molar-refractivity contribution in [3.63, 3.8) is 0 Å². The highest BCUT2D eigenvalue weighted by molar-refractivity contribution is 7.89. The van der Waals surface area contributed by atoms with Gasteiger partial charge in [-0.2, -0.15) is 0 Å². The molecule has 6 nitrogen and oxygen atoms in total. The third-order valence-corrected chi connectivity index (χ3v) is 5.17. The zero-order valence-corrected chi connectivity index (χ0v) is 13.9. The Morgan fingerprint density at radius 2 is 1.96 bits per heavy atom. The lowest BCUT2D eigenvalue weighted by atomic mass is 10.1. The van der Waals surface area contributed by atoms with Crippen LogP contribution < -0.4 is 4.72 Å². The molecular formula is C16H17N3O3S. The van der Waals surface area contributed by atoms with Crippen LogP contribution in [0.5, 0.6) is 0 Å². The Hall–Kier alpha value is -2.25. The van der Waals surface area contributed by atoms with Gasteiger partial charge in [0, 0.05) is 11.6 Å². The summed E-state index contributed by atoms with van der Waals surface area (Å²) in [4.78, 5) is 8.64. The maximum absolute atomic E-state index is 12.6. The van der Waals surface area contributed by atoms with Crippen molar-refractivity contribution in [3.05, 3.63) is 53.4 Å². The molecule has 3 rings (SSSR count). The summed E-state index contributed by atoms with van der Waals surface area (Å²) in [6, 6.07) is 6.82. The van der Waals surface area contributed by atoms with Crippen LogP contribution in [0, 0.1) is 20.8 Å². The minimum atomic E-state index is -3.70. The SMILES string of the molecule is Cc1nc(CNS(=O)(=O)c2ccc(C)c3ncccc23)oc1C. The summed E-state index contributed by atoms with van der Waals surface area (Å²) >= 11 is 0. The predicted molar refractivity (Wildman–Crippen MR) is 86.5 cm³/mol. The number of aryl methyl sites for hydroxylation is 3. The predicted octanol–water partition coefficient (Wildman–Crippen LogP) is 2.63. The van der Waals surface area contributed by atoms with Gasteiger partial charge in [0.05, 0.1) is 22.7 Å². The first-order chi connectivity index (χ1) is 10.9. The lowest BCUT2D eigenvalue weighted by Gasteiger charge is -2.09. The van der Waals surface area contributed by atoms with Crippen LogP contribution in [0.3, 0.4) is 0 Å². The van der Waals surface area contributed by atoms with E-state index in [0.717, 1.165) is 11.3 Å². The second-order valence-corrected chi connectivity index (χ2v) is 7.09. The Bertz CT molecular complexity index is 958. The lowest BCUT2D eigenvalue weighted by molar-refractivity contribution is 0.463. The Morgan fingerprint density at radius 3 is 2.65 bits per heavy atom. The van der Waals surface area contributed by atoms with Crippen LogP contribution in [0.25, 0.3) is 10.9 Å². The van der Waals surface area contributed by atoms with Crippen LogP contribution in [0.2, 0.25) is 0 Å². The molecule has 1 N–H and O–H groups in total. The van der Waals surface area contributed by atoms with Crippen LogP contribution in [0.1, 0.15) is 22.9 Å².